The van der Waals surface area contributed by atoms with E-state index < -0.39 is 11.7 Å². The van der Waals surface area contributed by atoms with Crippen molar-refractivity contribution in [1.29, 1.82) is 0 Å². The highest BCUT2D eigenvalue weighted by molar-refractivity contribution is 7.98. The smallest absolute Gasteiger partial charge is 0.416 e. The van der Waals surface area contributed by atoms with E-state index in [4.69, 9.17) is 9.72 Å². The van der Waals surface area contributed by atoms with E-state index in [1.165, 1.54) is 29.2 Å². The second-order valence-electron chi connectivity index (χ2n) is 9.21. The number of piperazine rings is 1. The lowest BCUT2D eigenvalue weighted by molar-refractivity contribution is -0.137. The second-order valence-corrected chi connectivity index (χ2v) is 11.3. The summed E-state index contributed by atoms with van der Waals surface area (Å²) < 4.78 is 44.4. The van der Waals surface area contributed by atoms with Gasteiger partial charge in [0.25, 0.3) is 0 Å². The topological polar surface area (TPSA) is 48.8 Å². The molecule has 0 spiro atoms. The van der Waals surface area contributed by atoms with Gasteiger partial charge >= 0.3 is 6.18 Å². The number of halogens is 3. The maximum Gasteiger partial charge on any atom is 0.416 e. The van der Waals surface area contributed by atoms with Crippen LogP contribution in [0.2, 0.25) is 0 Å². The molecule has 1 saturated heterocycles. The summed E-state index contributed by atoms with van der Waals surface area (Å²) in [6.07, 6.45) is -4.37. The number of alkyl halides is 3. The second kappa shape index (κ2) is 11.9. The first-order valence-corrected chi connectivity index (χ1v) is 14.3. The Balaban J connectivity index is 1.31. The molecule has 5 nitrogen and oxygen atoms in total. The predicted octanol–water partition coefficient (Wildman–Crippen LogP) is 7.16. The van der Waals surface area contributed by atoms with Crippen LogP contribution in [0.5, 0.6) is 11.5 Å². The number of phenols is 1. The number of nitrogens with zero attached hydrogens (tertiary/aromatic N) is 3. The summed E-state index contributed by atoms with van der Waals surface area (Å²) in [6, 6.07) is 20.4. The molecular formula is C29H28F3N3O2S2. The van der Waals surface area contributed by atoms with Gasteiger partial charge in [0, 0.05) is 59.5 Å². The van der Waals surface area contributed by atoms with E-state index in [0.29, 0.717) is 17.9 Å². The maximum atomic E-state index is 13.1. The maximum absolute atomic E-state index is 13.1. The van der Waals surface area contributed by atoms with E-state index in [2.05, 4.69) is 21.9 Å². The van der Waals surface area contributed by atoms with E-state index in [1.54, 1.807) is 31.0 Å². The Morgan fingerprint density at radius 1 is 0.923 bits per heavy atom. The van der Waals surface area contributed by atoms with Crippen molar-refractivity contribution in [2.45, 2.75) is 23.4 Å². The van der Waals surface area contributed by atoms with Crippen LogP contribution in [-0.4, -0.2) is 48.3 Å². The fourth-order valence-corrected chi connectivity index (χ4v) is 6.48. The number of methoxy groups -OCH3 is 1. The van der Waals surface area contributed by atoms with E-state index in [9.17, 15) is 18.3 Å². The molecule has 0 unspecified atom stereocenters. The number of aromatic nitrogens is 1. The van der Waals surface area contributed by atoms with Gasteiger partial charge in [-0.15, -0.1) is 23.1 Å². The lowest BCUT2D eigenvalue weighted by Crippen LogP contribution is -2.46. The molecule has 5 rings (SSSR count). The first-order chi connectivity index (χ1) is 18.8. The van der Waals surface area contributed by atoms with Crippen LogP contribution < -0.4 is 9.64 Å². The first kappa shape index (κ1) is 27.4. The zero-order valence-electron chi connectivity index (χ0n) is 21.3. The molecular weight excluding hydrogens is 543 g/mol. The highest BCUT2D eigenvalue weighted by atomic mass is 32.2. The molecule has 0 radical (unpaired) electrons. The average molecular weight is 572 g/mol. The van der Waals surface area contributed by atoms with Crippen molar-refractivity contribution in [2.75, 3.05) is 38.2 Å². The first-order valence-electron chi connectivity index (χ1n) is 12.5. The van der Waals surface area contributed by atoms with Crippen LogP contribution in [0.1, 0.15) is 16.1 Å². The van der Waals surface area contributed by atoms with Gasteiger partial charge in [-0.25, -0.2) is 4.98 Å². The number of ether oxygens (including phenoxy) is 1. The fraction of sp³-hybridized carbons (Fsp3) is 0.276. The van der Waals surface area contributed by atoms with Crippen LogP contribution in [0.25, 0.3) is 10.6 Å². The van der Waals surface area contributed by atoms with E-state index in [1.807, 2.05) is 24.3 Å². The summed E-state index contributed by atoms with van der Waals surface area (Å²) in [4.78, 5) is 11.8. The van der Waals surface area contributed by atoms with E-state index in [-0.39, 0.29) is 5.75 Å². The highest BCUT2D eigenvalue weighted by Gasteiger charge is 2.30. The minimum absolute atomic E-state index is 0.219. The van der Waals surface area contributed by atoms with Gasteiger partial charge in [0.15, 0.2) is 0 Å². The SMILES string of the molecule is COc1ccc(N2CCN(Cc3nc(-c4ccc(C(F)(F)F)cc4)sc3CSc3ccc(O)cc3)CC2)cc1. The number of thioether (sulfide) groups is 1. The Kier molecular flexibility index (Phi) is 8.34. The number of rotatable bonds is 8. The third kappa shape index (κ3) is 6.87. The van der Waals surface area contributed by atoms with Crippen molar-refractivity contribution in [3.8, 4) is 22.1 Å². The number of hydrogen-bond donors (Lipinski definition) is 1. The summed E-state index contributed by atoms with van der Waals surface area (Å²) in [5.41, 5.74) is 2.14. The van der Waals surface area contributed by atoms with Gasteiger partial charge < -0.3 is 14.7 Å². The van der Waals surface area contributed by atoms with E-state index >= 15 is 0 Å². The number of benzene rings is 3. The van der Waals surface area contributed by atoms with Gasteiger partial charge in [0.2, 0.25) is 0 Å². The van der Waals surface area contributed by atoms with Gasteiger partial charge in [-0.3, -0.25) is 4.90 Å². The van der Waals surface area contributed by atoms with Gasteiger partial charge in [0.05, 0.1) is 18.4 Å². The number of anilines is 1. The molecule has 1 aliphatic rings. The third-order valence-corrected chi connectivity index (χ3v) is 9.00. The molecule has 0 aliphatic carbocycles. The fourth-order valence-electron chi connectivity index (χ4n) is 4.41. The predicted molar refractivity (Wildman–Crippen MR) is 151 cm³/mol. The standard InChI is InChI=1S/C29H28F3N3O2S2/c1-37-24-10-6-22(7-11-24)35-16-14-34(15-17-35)18-26-27(19-38-25-12-8-23(36)9-13-25)39-28(33-26)20-2-4-21(5-3-20)29(30,31)32/h2-13,36H,14-19H2,1H3. The van der Waals surface area contributed by atoms with Gasteiger partial charge in [-0.1, -0.05) is 12.1 Å². The summed E-state index contributed by atoms with van der Waals surface area (Å²) >= 11 is 3.17. The summed E-state index contributed by atoms with van der Waals surface area (Å²) in [5.74, 6) is 1.74. The zero-order chi connectivity index (χ0) is 27.4. The largest absolute Gasteiger partial charge is 0.508 e. The molecule has 1 N–H and O–H groups in total. The Hall–Kier alpha value is -3.21. The van der Waals surface area contributed by atoms with Crippen molar-refractivity contribution in [2.24, 2.45) is 0 Å². The Bertz CT molecular complexity index is 1370. The van der Waals surface area contributed by atoms with Gasteiger partial charge in [-0.05, 0) is 60.7 Å². The Morgan fingerprint density at radius 2 is 1.59 bits per heavy atom. The summed E-state index contributed by atoms with van der Waals surface area (Å²) in [6.45, 7) is 4.21. The molecule has 4 aromatic rings. The molecule has 10 heteroatoms. The van der Waals surface area contributed by atoms with Crippen molar-refractivity contribution < 1.29 is 23.0 Å². The molecule has 204 valence electrons. The summed E-state index contributed by atoms with van der Waals surface area (Å²) in [5, 5.41) is 10.3. The number of thiazole rings is 1. The molecule has 0 atom stereocenters. The normalized spacial score (nSPS) is 14.5. The lowest BCUT2D eigenvalue weighted by Gasteiger charge is -2.36. The summed E-state index contributed by atoms with van der Waals surface area (Å²) in [7, 11) is 1.66. The van der Waals surface area contributed by atoms with Crippen molar-refractivity contribution in [3.63, 3.8) is 0 Å². The van der Waals surface area contributed by atoms with Gasteiger partial charge in [-0.2, -0.15) is 13.2 Å². The van der Waals surface area contributed by atoms with Crippen LogP contribution >= 0.6 is 23.1 Å². The number of phenolic OH excluding ortho intramolecular Hbond substituents is 1. The van der Waals surface area contributed by atoms with E-state index in [0.717, 1.165) is 64.5 Å². The van der Waals surface area contributed by atoms with Gasteiger partial charge in [0.1, 0.15) is 16.5 Å². The molecule has 1 aromatic heterocycles. The Labute approximate surface area is 233 Å². The minimum atomic E-state index is -4.37. The number of hydrogen-bond acceptors (Lipinski definition) is 7. The average Bonchev–Trinajstić information content (AvgIpc) is 3.35. The van der Waals surface area contributed by atoms with Crippen LogP contribution in [0, 0.1) is 0 Å². The quantitative estimate of drug-likeness (QED) is 0.227. The molecule has 1 aliphatic heterocycles. The Morgan fingerprint density at radius 3 is 2.21 bits per heavy atom. The van der Waals surface area contributed by atoms with Crippen molar-refractivity contribution >= 4 is 28.8 Å². The van der Waals surface area contributed by atoms with Crippen molar-refractivity contribution in [1.82, 2.24) is 9.88 Å². The molecule has 2 heterocycles. The molecule has 0 amide bonds. The van der Waals surface area contributed by atoms with Crippen LogP contribution in [-0.2, 0) is 18.5 Å². The lowest BCUT2D eigenvalue weighted by atomic mass is 10.1. The number of aromatic hydroxyl groups is 1. The molecule has 0 saturated carbocycles. The monoisotopic (exact) mass is 571 g/mol. The third-order valence-electron chi connectivity index (χ3n) is 6.63. The molecule has 39 heavy (non-hydrogen) atoms. The van der Waals surface area contributed by atoms with Crippen LogP contribution in [0.15, 0.2) is 77.7 Å². The van der Waals surface area contributed by atoms with Crippen molar-refractivity contribution in [3.05, 3.63) is 88.9 Å². The molecule has 1 fully saturated rings. The van der Waals surface area contributed by atoms with Crippen LogP contribution in [0.3, 0.4) is 0 Å². The molecule has 0 bridgehead atoms. The minimum Gasteiger partial charge on any atom is -0.508 e. The zero-order valence-corrected chi connectivity index (χ0v) is 23.0. The molecule has 3 aromatic carbocycles. The highest BCUT2D eigenvalue weighted by Crippen LogP contribution is 2.36. The van der Waals surface area contributed by atoms with Crippen LogP contribution in [0.4, 0.5) is 18.9 Å².